The molecule has 2 aromatic carbocycles. The van der Waals surface area contributed by atoms with Gasteiger partial charge in [0.2, 0.25) is 0 Å². The summed E-state index contributed by atoms with van der Waals surface area (Å²) in [5.74, 6) is -0.819. The molecule has 0 fully saturated rings. The molecule has 0 bridgehead atoms. The summed E-state index contributed by atoms with van der Waals surface area (Å²) in [7, 11) is 2.95. The molecule has 0 radical (unpaired) electrons. The van der Waals surface area contributed by atoms with Gasteiger partial charge in [-0.3, -0.25) is 24.1 Å². The minimum absolute atomic E-state index is 0.0212. The molecule has 3 rings (SSSR count). The highest BCUT2D eigenvalue weighted by Gasteiger charge is 2.34. The zero-order chi connectivity index (χ0) is 21.7. The minimum Gasteiger partial charge on any atom is -0.493 e. The molecule has 0 unspecified atom stereocenters. The predicted molar refractivity (Wildman–Crippen MR) is 106 cm³/mol. The van der Waals surface area contributed by atoms with E-state index in [0.29, 0.717) is 28.2 Å². The van der Waals surface area contributed by atoms with Crippen molar-refractivity contribution in [2.75, 3.05) is 27.4 Å². The SMILES string of the molecule is COc1ccc(C(=O)COC(=O)CCCN2C(=O)c3ccccc3C2=O)cc1OC. The van der Waals surface area contributed by atoms with Crippen LogP contribution >= 0.6 is 0 Å². The smallest absolute Gasteiger partial charge is 0.306 e. The molecule has 8 nitrogen and oxygen atoms in total. The van der Waals surface area contributed by atoms with Crippen LogP contribution in [0.1, 0.15) is 43.9 Å². The molecule has 30 heavy (non-hydrogen) atoms. The predicted octanol–water partition coefficient (Wildman–Crippen LogP) is 2.51. The number of nitrogens with zero attached hydrogens (tertiary/aromatic N) is 1. The number of carbonyl (C=O) groups is 4. The van der Waals surface area contributed by atoms with E-state index in [1.165, 1.54) is 20.3 Å². The van der Waals surface area contributed by atoms with Crippen LogP contribution in [0.4, 0.5) is 0 Å². The summed E-state index contributed by atoms with van der Waals surface area (Å²) < 4.78 is 15.3. The Labute approximate surface area is 173 Å². The van der Waals surface area contributed by atoms with Gasteiger partial charge in [0.25, 0.3) is 11.8 Å². The van der Waals surface area contributed by atoms with Gasteiger partial charge >= 0.3 is 5.97 Å². The first-order chi connectivity index (χ1) is 14.5. The summed E-state index contributed by atoms with van der Waals surface area (Å²) in [5, 5.41) is 0. The molecule has 0 saturated carbocycles. The van der Waals surface area contributed by atoms with E-state index in [9.17, 15) is 19.2 Å². The highest BCUT2D eigenvalue weighted by Crippen LogP contribution is 2.27. The van der Waals surface area contributed by atoms with Gasteiger partial charge in [0.05, 0.1) is 25.3 Å². The maximum atomic E-state index is 12.3. The fourth-order valence-electron chi connectivity index (χ4n) is 3.13. The van der Waals surface area contributed by atoms with E-state index >= 15 is 0 Å². The van der Waals surface area contributed by atoms with Gasteiger partial charge in [-0.2, -0.15) is 0 Å². The van der Waals surface area contributed by atoms with Gasteiger partial charge in [0.15, 0.2) is 23.9 Å². The molecule has 2 amide bonds. The molecule has 0 atom stereocenters. The van der Waals surface area contributed by atoms with Gasteiger partial charge in [0.1, 0.15) is 0 Å². The standard InChI is InChI=1S/C22H21NO7/c1-28-18-10-9-14(12-19(18)29-2)17(24)13-30-20(25)8-5-11-23-21(26)15-6-3-4-7-16(15)22(23)27/h3-4,6-7,9-10,12H,5,8,11,13H2,1-2H3. The molecule has 1 aliphatic rings. The number of rotatable bonds is 9. The van der Waals surface area contributed by atoms with Crippen molar-refractivity contribution < 1.29 is 33.4 Å². The zero-order valence-electron chi connectivity index (χ0n) is 16.7. The average molecular weight is 411 g/mol. The number of hydrogen-bond donors (Lipinski definition) is 0. The number of carbonyl (C=O) groups excluding carboxylic acids is 4. The van der Waals surface area contributed by atoms with E-state index in [-0.39, 0.29) is 37.0 Å². The Morgan fingerprint density at radius 3 is 2.13 bits per heavy atom. The minimum atomic E-state index is -0.583. The molecule has 1 heterocycles. The Bertz CT molecular complexity index is 964. The maximum Gasteiger partial charge on any atom is 0.306 e. The highest BCUT2D eigenvalue weighted by atomic mass is 16.5. The number of imide groups is 1. The van der Waals surface area contributed by atoms with E-state index in [1.54, 1.807) is 36.4 Å². The quantitative estimate of drug-likeness (QED) is 0.355. The lowest BCUT2D eigenvalue weighted by Crippen LogP contribution is -2.31. The number of benzene rings is 2. The van der Waals surface area contributed by atoms with Gasteiger partial charge in [-0.05, 0) is 36.8 Å². The van der Waals surface area contributed by atoms with Crippen LogP contribution in [0, 0.1) is 0 Å². The second-order valence-corrected chi connectivity index (χ2v) is 6.56. The molecule has 0 saturated heterocycles. The number of Topliss-reactive ketones (excluding diaryl/α,β-unsaturated/α-hetero) is 1. The summed E-state index contributed by atoms with van der Waals surface area (Å²) in [6.07, 6.45) is 0.224. The first kappa shape index (κ1) is 21.0. The largest absolute Gasteiger partial charge is 0.493 e. The third kappa shape index (κ3) is 4.32. The lowest BCUT2D eigenvalue weighted by atomic mass is 10.1. The van der Waals surface area contributed by atoms with Crippen LogP contribution in [0.25, 0.3) is 0 Å². The fraction of sp³-hybridized carbons (Fsp3) is 0.273. The van der Waals surface area contributed by atoms with E-state index in [4.69, 9.17) is 14.2 Å². The molecule has 2 aromatic rings. The summed E-state index contributed by atoms with van der Waals surface area (Å²) in [5.41, 5.74) is 1.06. The van der Waals surface area contributed by atoms with Gasteiger partial charge in [-0.25, -0.2) is 0 Å². The monoisotopic (exact) mass is 411 g/mol. The molecule has 0 aliphatic carbocycles. The zero-order valence-corrected chi connectivity index (χ0v) is 16.7. The van der Waals surface area contributed by atoms with Crippen molar-refractivity contribution in [3.8, 4) is 11.5 Å². The Morgan fingerprint density at radius 2 is 1.53 bits per heavy atom. The Kier molecular flexibility index (Phi) is 6.46. The van der Waals surface area contributed by atoms with Crippen LogP contribution in [0.2, 0.25) is 0 Å². The van der Waals surface area contributed by atoms with Crippen LogP contribution in [0.3, 0.4) is 0 Å². The molecular weight excluding hydrogens is 390 g/mol. The van der Waals surface area contributed by atoms with E-state index in [2.05, 4.69) is 0 Å². The summed E-state index contributed by atoms with van der Waals surface area (Å²) in [6.45, 7) is -0.313. The van der Waals surface area contributed by atoms with E-state index < -0.39 is 12.6 Å². The molecule has 0 aromatic heterocycles. The number of amides is 2. The first-order valence-corrected chi connectivity index (χ1v) is 9.32. The van der Waals surface area contributed by atoms with Crippen LogP contribution < -0.4 is 9.47 Å². The third-order valence-corrected chi connectivity index (χ3v) is 4.71. The lowest BCUT2D eigenvalue weighted by Gasteiger charge is -2.13. The van der Waals surface area contributed by atoms with Gasteiger partial charge in [0, 0.05) is 18.5 Å². The average Bonchev–Trinajstić information content (AvgIpc) is 3.02. The number of ketones is 1. The van der Waals surface area contributed by atoms with Crippen molar-refractivity contribution in [3.05, 3.63) is 59.2 Å². The van der Waals surface area contributed by atoms with Crippen molar-refractivity contribution >= 4 is 23.6 Å². The highest BCUT2D eigenvalue weighted by molar-refractivity contribution is 6.21. The Balaban J connectivity index is 1.46. The topological polar surface area (TPSA) is 99.2 Å². The van der Waals surface area contributed by atoms with E-state index in [0.717, 1.165) is 4.90 Å². The number of esters is 1. The van der Waals surface area contributed by atoms with Crippen LogP contribution in [-0.4, -0.2) is 55.8 Å². The summed E-state index contributed by atoms with van der Waals surface area (Å²) >= 11 is 0. The van der Waals surface area contributed by atoms with Crippen LogP contribution in [0.5, 0.6) is 11.5 Å². The normalized spacial score (nSPS) is 12.5. The van der Waals surface area contributed by atoms with Crippen molar-refractivity contribution in [2.24, 2.45) is 0 Å². The number of hydrogen-bond acceptors (Lipinski definition) is 7. The molecule has 0 N–H and O–H groups in total. The molecular formula is C22H21NO7. The van der Waals surface area contributed by atoms with Crippen LogP contribution in [-0.2, 0) is 9.53 Å². The fourth-order valence-corrected chi connectivity index (χ4v) is 3.13. The second kappa shape index (κ2) is 9.21. The third-order valence-electron chi connectivity index (χ3n) is 4.71. The van der Waals surface area contributed by atoms with Crippen molar-refractivity contribution in [1.82, 2.24) is 4.90 Å². The second-order valence-electron chi connectivity index (χ2n) is 6.56. The molecule has 156 valence electrons. The molecule has 0 spiro atoms. The Morgan fingerprint density at radius 1 is 0.900 bits per heavy atom. The van der Waals surface area contributed by atoms with Crippen molar-refractivity contribution in [2.45, 2.75) is 12.8 Å². The molecule has 8 heteroatoms. The Hall–Kier alpha value is -3.68. The van der Waals surface area contributed by atoms with Crippen molar-refractivity contribution in [1.29, 1.82) is 0 Å². The molecule has 1 aliphatic heterocycles. The van der Waals surface area contributed by atoms with Crippen LogP contribution in [0.15, 0.2) is 42.5 Å². The first-order valence-electron chi connectivity index (χ1n) is 9.32. The number of fused-ring (bicyclic) bond motifs is 1. The van der Waals surface area contributed by atoms with Gasteiger partial charge in [-0.15, -0.1) is 0 Å². The van der Waals surface area contributed by atoms with Crippen molar-refractivity contribution in [3.63, 3.8) is 0 Å². The number of methoxy groups -OCH3 is 2. The lowest BCUT2D eigenvalue weighted by molar-refractivity contribution is -0.142. The van der Waals surface area contributed by atoms with Gasteiger partial charge < -0.3 is 14.2 Å². The summed E-state index contributed by atoms with van der Waals surface area (Å²) in [6, 6.07) is 11.3. The maximum absolute atomic E-state index is 12.3. The number of ether oxygens (including phenoxy) is 3. The van der Waals surface area contributed by atoms with E-state index in [1.807, 2.05) is 0 Å². The summed E-state index contributed by atoms with van der Waals surface area (Å²) in [4.78, 5) is 49.9. The van der Waals surface area contributed by atoms with Gasteiger partial charge in [-0.1, -0.05) is 12.1 Å².